The number of hydrogen-bond acceptors (Lipinski definition) is 3. The van der Waals surface area contributed by atoms with Crippen LogP contribution in [0.2, 0.25) is 0 Å². The molecule has 3 rings (SSSR count). The molecule has 0 radical (unpaired) electrons. The number of benzene rings is 1. The molecule has 0 spiro atoms. The highest BCUT2D eigenvalue weighted by molar-refractivity contribution is 7.98. The average molecular weight is 235 g/mol. The number of carbonyl (C=O) groups excluding carboxylic acids is 1. The molecule has 2 aliphatic heterocycles. The average Bonchev–Trinajstić information content (AvgIpc) is 2.75. The Morgan fingerprint density at radius 1 is 1.31 bits per heavy atom. The van der Waals surface area contributed by atoms with Crippen LogP contribution in [0.5, 0.6) is 0 Å². The summed E-state index contributed by atoms with van der Waals surface area (Å²) >= 11 is 1.97. The number of rotatable bonds is 1. The van der Waals surface area contributed by atoms with Gasteiger partial charge in [-0.15, -0.1) is 0 Å². The van der Waals surface area contributed by atoms with Crippen LogP contribution in [0.3, 0.4) is 0 Å². The van der Waals surface area contributed by atoms with Gasteiger partial charge < -0.3 is 4.74 Å². The molecule has 0 N–H and O–H groups in total. The van der Waals surface area contributed by atoms with Crippen LogP contribution in [-0.4, -0.2) is 25.0 Å². The SMILES string of the molecule is O=C1OCCN1c1ccc2c(c1)CCSC2. The number of anilines is 1. The van der Waals surface area contributed by atoms with Crippen LogP contribution in [0.25, 0.3) is 0 Å². The second kappa shape index (κ2) is 4.01. The minimum atomic E-state index is -0.217. The lowest BCUT2D eigenvalue weighted by molar-refractivity contribution is 0.181. The van der Waals surface area contributed by atoms with E-state index in [9.17, 15) is 4.79 Å². The van der Waals surface area contributed by atoms with E-state index in [1.807, 2.05) is 17.8 Å². The van der Waals surface area contributed by atoms with Crippen molar-refractivity contribution in [1.82, 2.24) is 0 Å². The molecular formula is C12H13NO2S. The molecule has 1 amide bonds. The summed E-state index contributed by atoms with van der Waals surface area (Å²) in [6, 6.07) is 6.31. The topological polar surface area (TPSA) is 29.5 Å². The third-order valence-electron chi connectivity index (χ3n) is 3.04. The van der Waals surface area contributed by atoms with Crippen LogP contribution >= 0.6 is 11.8 Å². The number of amides is 1. The molecule has 0 saturated carbocycles. The first-order valence-electron chi connectivity index (χ1n) is 5.48. The zero-order valence-electron chi connectivity index (χ0n) is 8.94. The molecular weight excluding hydrogens is 222 g/mol. The van der Waals surface area contributed by atoms with Gasteiger partial charge in [0.1, 0.15) is 6.61 Å². The van der Waals surface area contributed by atoms with Gasteiger partial charge in [-0.1, -0.05) is 6.07 Å². The van der Waals surface area contributed by atoms with Crippen LogP contribution in [-0.2, 0) is 16.9 Å². The van der Waals surface area contributed by atoms with Gasteiger partial charge >= 0.3 is 6.09 Å². The van der Waals surface area contributed by atoms with Crippen molar-refractivity contribution in [2.24, 2.45) is 0 Å². The Kier molecular flexibility index (Phi) is 2.52. The molecule has 2 aliphatic rings. The number of cyclic esters (lactones) is 1. The van der Waals surface area contributed by atoms with Crippen molar-refractivity contribution >= 4 is 23.5 Å². The summed E-state index contributed by atoms with van der Waals surface area (Å²) in [5, 5.41) is 0. The maximum Gasteiger partial charge on any atom is 0.414 e. The lowest BCUT2D eigenvalue weighted by Gasteiger charge is -2.19. The van der Waals surface area contributed by atoms with Gasteiger partial charge in [-0.25, -0.2) is 4.79 Å². The monoisotopic (exact) mass is 235 g/mol. The van der Waals surface area contributed by atoms with Crippen molar-refractivity contribution in [3.63, 3.8) is 0 Å². The normalized spacial score (nSPS) is 19.5. The zero-order chi connectivity index (χ0) is 11.0. The Hall–Kier alpha value is -1.16. The van der Waals surface area contributed by atoms with Crippen LogP contribution < -0.4 is 4.90 Å². The van der Waals surface area contributed by atoms with E-state index in [-0.39, 0.29) is 6.09 Å². The molecule has 1 aromatic rings. The molecule has 16 heavy (non-hydrogen) atoms. The Labute approximate surface area is 98.8 Å². The van der Waals surface area contributed by atoms with E-state index in [0.717, 1.165) is 17.9 Å². The molecule has 1 aromatic carbocycles. The van der Waals surface area contributed by atoms with Gasteiger partial charge in [-0.2, -0.15) is 11.8 Å². The fourth-order valence-electron chi connectivity index (χ4n) is 2.15. The van der Waals surface area contributed by atoms with Crippen molar-refractivity contribution in [1.29, 1.82) is 0 Å². The number of fused-ring (bicyclic) bond motifs is 1. The fraction of sp³-hybridized carbons (Fsp3) is 0.417. The lowest BCUT2D eigenvalue weighted by Crippen LogP contribution is -2.23. The first-order chi connectivity index (χ1) is 7.84. The van der Waals surface area contributed by atoms with E-state index in [0.29, 0.717) is 13.2 Å². The number of thioether (sulfide) groups is 1. The summed E-state index contributed by atoms with van der Waals surface area (Å²) in [4.78, 5) is 13.2. The Morgan fingerprint density at radius 3 is 3.06 bits per heavy atom. The Balaban J connectivity index is 1.93. The van der Waals surface area contributed by atoms with Crippen molar-refractivity contribution in [2.75, 3.05) is 23.8 Å². The van der Waals surface area contributed by atoms with Crippen molar-refractivity contribution in [3.05, 3.63) is 29.3 Å². The second-order valence-corrected chi connectivity index (χ2v) is 5.13. The number of ether oxygens (including phenoxy) is 1. The molecule has 4 heteroatoms. The van der Waals surface area contributed by atoms with Crippen molar-refractivity contribution in [3.8, 4) is 0 Å². The van der Waals surface area contributed by atoms with E-state index < -0.39 is 0 Å². The molecule has 3 nitrogen and oxygen atoms in total. The summed E-state index contributed by atoms with van der Waals surface area (Å²) in [7, 11) is 0. The summed E-state index contributed by atoms with van der Waals surface area (Å²) in [5.41, 5.74) is 3.77. The summed E-state index contributed by atoms with van der Waals surface area (Å²) < 4.78 is 4.95. The van der Waals surface area contributed by atoms with Gasteiger partial charge in [0.05, 0.1) is 6.54 Å². The van der Waals surface area contributed by atoms with Crippen LogP contribution in [0.1, 0.15) is 11.1 Å². The fourth-order valence-corrected chi connectivity index (χ4v) is 3.16. The number of hydrogen-bond donors (Lipinski definition) is 0. The second-order valence-electron chi connectivity index (χ2n) is 4.02. The van der Waals surface area contributed by atoms with Crippen molar-refractivity contribution < 1.29 is 9.53 Å². The number of nitrogens with zero attached hydrogens (tertiary/aromatic N) is 1. The molecule has 2 heterocycles. The number of aryl methyl sites for hydroxylation is 1. The minimum absolute atomic E-state index is 0.217. The highest BCUT2D eigenvalue weighted by Crippen LogP contribution is 2.29. The molecule has 0 bridgehead atoms. The smallest absolute Gasteiger partial charge is 0.414 e. The molecule has 1 fully saturated rings. The Bertz CT molecular complexity index is 433. The predicted octanol–water partition coefficient (Wildman–Crippen LogP) is 2.43. The van der Waals surface area contributed by atoms with Gasteiger partial charge in [0.15, 0.2) is 0 Å². The maximum atomic E-state index is 11.4. The summed E-state index contributed by atoms with van der Waals surface area (Å²) in [5.74, 6) is 2.28. The third kappa shape index (κ3) is 1.67. The van der Waals surface area contributed by atoms with Crippen molar-refractivity contribution in [2.45, 2.75) is 12.2 Å². The van der Waals surface area contributed by atoms with Gasteiger partial charge in [-0.05, 0) is 35.4 Å². The predicted molar refractivity (Wildman–Crippen MR) is 65.0 cm³/mol. The lowest BCUT2D eigenvalue weighted by atomic mass is 10.0. The van der Waals surface area contributed by atoms with E-state index in [1.54, 1.807) is 4.90 Å². The molecule has 0 aromatic heterocycles. The van der Waals surface area contributed by atoms with Crippen LogP contribution in [0.4, 0.5) is 10.5 Å². The minimum Gasteiger partial charge on any atom is -0.447 e. The number of carbonyl (C=O) groups is 1. The molecule has 84 valence electrons. The maximum absolute atomic E-state index is 11.4. The Morgan fingerprint density at radius 2 is 2.25 bits per heavy atom. The highest BCUT2D eigenvalue weighted by Gasteiger charge is 2.24. The summed E-state index contributed by atoms with van der Waals surface area (Å²) in [6.07, 6.45) is 0.890. The highest BCUT2D eigenvalue weighted by atomic mass is 32.2. The summed E-state index contributed by atoms with van der Waals surface area (Å²) in [6.45, 7) is 1.18. The quantitative estimate of drug-likeness (QED) is 0.748. The molecule has 1 saturated heterocycles. The molecule has 0 unspecified atom stereocenters. The first kappa shape index (κ1) is 10.0. The molecule has 0 aliphatic carbocycles. The van der Waals surface area contributed by atoms with Gasteiger partial charge in [-0.3, -0.25) is 4.90 Å². The largest absolute Gasteiger partial charge is 0.447 e. The first-order valence-corrected chi connectivity index (χ1v) is 6.64. The van der Waals surface area contributed by atoms with Gasteiger partial charge in [0.2, 0.25) is 0 Å². The molecule has 0 atom stereocenters. The van der Waals surface area contributed by atoms with E-state index in [1.165, 1.54) is 16.9 Å². The van der Waals surface area contributed by atoms with E-state index in [2.05, 4.69) is 12.1 Å². The van der Waals surface area contributed by atoms with E-state index >= 15 is 0 Å². The zero-order valence-corrected chi connectivity index (χ0v) is 9.76. The van der Waals surface area contributed by atoms with E-state index in [4.69, 9.17) is 4.74 Å². The van der Waals surface area contributed by atoms with Crippen LogP contribution in [0, 0.1) is 0 Å². The van der Waals surface area contributed by atoms with Crippen LogP contribution in [0.15, 0.2) is 18.2 Å². The van der Waals surface area contributed by atoms with Gasteiger partial charge in [0, 0.05) is 11.4 Å². The standard InChI is InChI=1S/C12H13NO2S/c14-12-13(4-5-15-12)11-2-1-10-8-16-6-3-9(10)7-11/h1-2,7H,3-6,8H2. The van der Waals surface area contributed by atoms with Gasteiger partial charge in [0.25, 0.3) is 0 Å². The third-order valence-corrected chi connectivity index (χ3v) is 4.04.